The minimum atomic E-state index is -0.172. The summed E-state index contributed by atoms with van der Waals surface area (Å²) in [7, 11) is 1.60. The number of aromatic nitrogens is 1. The smallest absolute Gasteiger partial charge is 0.197 e. The molecule has 3 rings (SSSR count). The van der Waals surface area contributed by atoms with Crippen LogP contribution in [0, 0.1) is 0 Å². The highest BCUT2D eigenvalue weighted by molar-refractivity contribution is 9.10. The standard InChI is InChI=1S/C17H11BrClNO2/c1-22-11-6-7-15-10(8-11)9-13(17(18)20-15)16(21)12-4-2-3-5-14(12)19/h2-9H,1H3. The van der Waals surface area contributed by atoms with Crippen molar-refractivity contribution in [2.75, 3.05) is 7.11 Å². The van der Waals surface area contributed by atoms with E-state index >= 15 is 0 Å². The van der Waals surface area contributed by atoms with Crippen molar-refractivity contribution >= 4 is 44.2 Å². The van der Waals surface area contributed by atoms with Gasteiger partial charge in [-0.1, -0.05) is 23.7 Å². The molecule has 22 heavy (non-hydrogen) atoms. The molecule has 0 radical (unpaired) electrons. The van der Waals surface area contributed by atoms with E-state index in [-0.39, 0.29) is 5.78 Å². The molecule has 0 spiro atoms. The molecule has 1 aromatic heterocycles. The second-order valence-electron chi connectivity index (χ2n) is 4.69. The van der Waals surface area contributed by atoms with Crippen LogP contribution in [0.2, 0.25) is 5.02 Å². The van der Waals surface area contributed by atoms with Crippen molar-refractivity contribution in [3.63, 3.8) is 0 Å². The number of ketones is 1. The topological polar surface area (TPSA) is 39.2 Å². The Morgan fingerprint density at radius 2 is 1.91 bits per heavy atom. The van der Waals surface area contributed by atoms with E-state index in [1.54, 1.807) is 37.4 Å². The number of fused-ring (bicyclic) bond motifs is 1. The van der Waals surface area contributed by atoms with E-state index in [0.29, 0.717) is 26.5 Å². The third-order valence-corrected chi connectivity index (χ3v) is 4.27. The maximum absolute atomic E-state index is 12.7. The molecule has 0 aliphatic carbocycles. The monoisotopic (exact) mass is 375 g/mol. The first-order valence-electron chi connectivity index (χ1n) is 6.53. The quantitative estimate of drug-likeness (QED) is 0.482. The largest absolute Gasteiger partial charge is 0.497 e. The Hall–Kier alpha value is -1.91. The number of carbonyl (C=O) groups is 1. The van der Waals surface area contributed by atoms with Gasteiger partial charge in [-0.25, -0.2) is 4.98 Å². The van der Waals surface area contributed by atoms with Crippen LogP contribution in [0.15, 0.2) is 53.1 Å². The zero-order valence-electron chi connectivity index (χ0n) is 11.6. The molecule has 0 amide bonds. The highest BCUT2D eigenvalue weighted by atomic mass is 79.9. The predicted octanol–water partition coefficient (Wildman–Crippen LogP) is 4.89. The summed E-state index contributed by atoms with van der Waals surface area (Å²) in [6, 6.07) is 14.3. The van der Waals surface area contributed by atoms with Gasteiger partial charge in [0, 0.05) is 10.9 Å². The number of nitrogens with zero attached hydrogens (tertiary/aromatic N) is 1. The Morgan fingerprint density at radius 3 is 2.64 bits per heavy atom. The summed E-state index contributed by atoms with van der Waals surface area (Å²) in [5.41, 5.74) is 1.70. The molecule has 0 N–H and O–H groups in total. The SMILES string of the molecule is COc1ccc2nc(Br)c(C(=O)c3ccccc3Cl)cc2c1. The maximum Gasteiger partial charge on any atom is 0.197 e. The second kappa shape index (κ2) is 6.07. The van der Waals surface area contributed by atoms with Crippen LogP contribution in [0.5, 0.6) is 5.75 Å². The van der Waals surface area contributed by atoms with E-state index in [2.05, 4.69) is 20.9 Å². The minimum Gasteiger partial charge on any atom is -0.497 e. The summed E-state index contributed by atoms with van der Waals surface area (Å²) >= 11 is 9.48. The third kappa shape index (κ3) is 2.72. The van der Waals surface area contributed by atoms with Crippen LogP contribution in [0.4, 0.5) is 0 Å². The summed E-state index contributed by atoms with van der Waals surface area (Å²) in [4.78, 5) is 17.1. The fraction of sp³-hybridized carbons (Fsp3) is 0.0588. The lowest BCUT2D eigenvalue weighted by Gasteiger charge is -2.08. The molecule has 0 fully saturated rings. The molecule has 0 atom stereocenters. The Balaban J connectivity index is 2.16. The van der Waals surface area contributed by atoms with Crippen molar-refractivity contribution in [1.82, 2.24) is 4.98 Å². The summed E-state index contributed by atoms with van der Waals surface area (Å²) in [6.45, 7) is 0. The summed E-state index contributed by atoms with van der Waals surface area (Å²) in [5.74, 6) is 0.544. The molecule has 0 aliphatic rings. The molecule has 1 heterocycles. The molecule has 2 aromatic carbocycles. The van der Waals surface area contributed by atoms with Gasteiger partial charge in [0.2, 0.25) is 0 Å². The first-order valence-corrected chi connectivity index (χ1v) is 7.71. The Kier molecular flexibility index (Phi) is 4.14. The molecular formula is C17H11BrClNO2. The van der Waals surface area contributed by atoms with Crippen molar-refractivity contribution in [2.24, 2.45) is 0 Å². The Labute approximate surface area is 141 Å². The number of methoxy groups -OCH3 is 1. The number of ether oxygens (including phenoxy) is 1. The average molecular weight is 377 g/mol. The molecule has 0 saturated heterocycles. The lowest BCUT2D eigenvalue weighted by atomic mass is 10.0. The summed E-state index contributed by atoms with van der Waals surface area (Å²) in [6.07, 6.45) is 0. The molecule has 0 bridgehead atoms. The van der Waals surface area contributed by atoms with Crippen LogP contribution in [0.25, 0.3) is 10.9 Å². The number of benzene rings is 2. The number of hydrogen-bond acceptors (Lipinski definition) is 3. The number of pyridine rings is 1. The predicted molar refractivity (Wildman–Crippen MR) is 90.9 cm³/mol. The first-order chi connectivity index (χ1) is 10.6. The van der Waals surface area contributed by atoms with Gasteiger partial charge in [0.05, 0.1) is 23.2 Å². The third-order valence-electron chi connectivity index (χ3n) is 3.34. The van der Waals surface area contributed by atoms with Gasteiger partial charge in [-0.2, -0.15) is 0 Å². The zero-order valence-corrected chi connectivity index (χ0v) is 14.0. The Bertz CT molecular complexity index is 880. The van der Waals surface area contributed by atoms with E-state index in [9.17, 15) is 4.79 Å². The molecule has 3 aromatic rings. The van der Waals surface area contributed by atoms with Gasteiger partial charge in [-0.05, 0) is 52.3 Å². The van der Waals surface area contributed by atoms with Crippen LogP contribution in [0.3, 0.4) is 0 Å². The molecule has 0 unspecified atom stereocenters. The van der Waals surface area contributed by atoms with Gasteiger partial charge in [0.15, 0.2) is 5.78 Å². The van der Waals surface area contributed by atoms with Gasteiger partial charge >= 0.3 is 0 Å². The summed E-state index contributed by atoms with van der Waals surface area (Å²) in [5, 5.41) is 1.25. The van der Waals surface area contributed by atoms with Crippen molar-refractivity contribution in [3.05, 3.63) is 69.3 Å². The molecule has 0 aliphatic heterocycles. The highest BCUT2D eigenvalue weighted by Crippen LogP contribution is 2.28. The van der Waals surface area contributed by atoms with Crippen molar-refractivity contribution in [3.8, 4) is 5.75 Å². The number of hydrogen-bond donors (Lipinski definition) is 0. The molecule has 3 nitrogen and oxygen atoms in total. The molecule has 5 heteroatoms. The van der Waals surface area contributed by atoms with Crippen LogP contribution in [-0.4, -0.2) is 17.9 Å². The van der Waals surface area contributed by atoms with Gasteiger partial charge < -0.3 is 4.74 Å². The number of rotatable bonds is 3. The molecular weight excluding hydrogens is 366 g/mol. The van der Waals surface area contributed by atoms with Gasteiger partial charge in [-0.15, -0.1) is 0 Å². The van der Waals surface area contributed by atoms with E-state index in [1.807, 2.05) is 18.2 Å². The van der Waals surface area contributed by atoms with Crippen LogP contribution >= 0.6 is 27.5 Å². The number of halogens is 2. The Morgan fingerprint density at radius 1 is 1.14 bits per heavy atom. The van der Waals surface area contributed by atoms with Crippen LogP contribution in [-0.2, 0) is 0 Å². The molecule has 0 saturated carbocycles. The zero-order chi connectivity index (χ0) is 15.7. The minimum absolute atomic E-state index is 0.172. The van der Waals surface area contributed by atoms with Gasteiger partial charge in [-0.3, -0.25) is 4.79 Å². The highest BCUT2D eigenvalue weighted by Gasteiger charge is 2.17. The van der Waals surface area contributed by atoms with Crippen molar-refractivity contribution in [1.29, 1.82) is 0 Å². The lowest BCUT2D eigenvalue weighted by molar-refractivity contribution is 0.103. The summed E-state index contributed by atoms with van der Waals surface area (Å²) < 4.78 is 5.71. The average Bonchev–Trinajstić information content (AvgIpc) is 2.53. The van der Waals surface area contributed by atoms with Gasteiger partial charge in [0.1, 0.15) is 10.4 Å². The van der Waals surface area contributed by atoms with E-state index in [1.165, 1.54) is 0 Å². The van der Waals surface area contributed by atoms with E-state index in [4.69, 9.17) is 16.3 Å². The van der Waals surface area contributed by atoms with Crippen LogP contribution < -0.4 is 4.74 Å². The van der Waals surface area contributed by atoms with Crippen LogP contribution in [0.1, 0.15) is 15.9 Å². The van der Waals surface area contributed by atoms with E-state index < -0.39 is 0 Å². The maximum atomic E-state index is 12.7. The normalized spacial score (nSPS) is 10.7. The molecule has 110 valence electrons. The fourth-order valence-electron chi connectivity index (χ4n) is 2.21. The van der Waals surface area contributed by atoms with Crippen molar-refractivity contribution < 1.29 is 9.53 Å². The lowest BCUT2D eigenvalue weighted by Crippen LogP contribution is -2.04. The van der Waals surface area contributed by atoms with Gasteiger partial charge in [0.25, 0.3) is 0 Å². The number of carbonyl (C=O) groups excluding carboxylic acids is 1. The van der Waals surface area contributed by atoms with Crippen molar-refractivity contribution in [2.45, 2.75) is 0 Å². The second-order valence-corrected chi connectivity index (χ2v) is 5.85. The first kappa shape index (κ1) is 15.0. The fourth-order valence-corrected chi connectivity index (χ4v) is 2.91. The van der Waals surface area contributed by atoms with E-state index in [0.717, 1.165) is 10.9 Å².